The van der Waals surface area contributed by atoms with Crippen molar-refractivity contribution < 1.29 is 9.26 Å². The van der Waals surface area contributed by atoms with Crippen molar-refractivity contribution in [3.8, 4) is 16.5 Å². The molecule has 0 saturated heterocycles. The zero-order valence-corrected chi connectivity index (χ0v) is 12.4. The van der Waals surface area contributed by atoms with E-state index in [0.717, 1.165) is 4.88 Å². The van der Waals surface area contributed by atoms with Crippen molar-refractivity contribution >= 4 is 34.5 Å². The second-order valence-electron chi connectivity index (χ2n) is 3.86. The van der Waals surface area contributed by atoms with E-state index >= 15 is 0 Å². The summed E-state index contributed by atoms with van der Waals surface area (Å²) in [6, 6.07) is 8.85. The van der Waals surface area contributed by atoms with E-state index in [2.05, 4.69) is 10.1 Å². The number of thiophene rings is 1. The maximum Gasteiger partial charge on any atom is 0.269 e. The fourth-order valence-corrected chi connectivity index (χ4v) is 2.71. The quantitative estimate of drug-likeness (QED) is 0.698. The Hall–Kier alpha value is -1.56. The second kappa shape index (κ2) is 5.83. The Bertz CT molecular complexity index is 709. The summed E-state index contributed by atoms with van der Waals surface area (Å²) in [4.78, 5) is 5.00. The summed E-state index contributed by atoms with van der Waals surface area (Å²) in [5.41, 5.74) is 0. The SMILES string of the molecule is Clc1ccc(OCc2noc(-c3sccc3Cl)n2)cc1. The van der Waals surface area contributed by atoms with Crippen LogP contribution in [-0.2, 0) is 6.61 Å². The van der Waals surface area contributed by atoms with Gasteiger partial charge in [0, 0.05) is 5.02 Å². The van der Waals surface area contributed by atoms with Gasteiger partial charge in [-0.2, -0.15) is 4.98 Å². The van der Waals surface area contributed by atoms with E-state index in [1.165, 1.54) is 11.3 Å². The first kappa shape index (κ1) is 13.4. The molecule has 0 amide bonds. The van der Waals surface area contributed by atoms with E-state index in [1.54, 1.807) is 30.3 Å². The average molecular weight is 327 g/mol. The molecular formula is C13H8Cl2N2O2S. The number of ether oxygens (including phenoxy) is 1. The van der Waals surface area contributed by atoms with Gasteiger partial charge in [0.15, 0.2) is 6.61 Å². The van der Waals surface area contributed by atoms with Crippen LogP contribution < -0.4 is 4.74 Å². The first-order valence-electron chi connectivity index (χ1n) is 5.67. The van der Waals surface area contributed by atoms with E-state index in [-0.39, 0.29) is 6.61 Å². The second-order valence-corrected chi connectivity index (χ2v) is 5.62. The van der Waals surface area contributed by atoms with Gasteiger partial charge in [-0.1, -0.05) is 28.4 Å². The average Bonchev–Trinajstić information content (AvgIpc) is 3.06. The Morgan fingerprint density at radius 3 is 2.65 bits per heavy atom. The fraction of sp³-hybridized carbons (Fsp3) is 0.0769. The molecule has 0 saturated carbocycles. The Morgan fingerprint density at radius 1 is 1.15 bits per heavy atom. The predicted molar refractivity (Wildman–Crippen MR) is 78.4 cm³/mol. The molecule has 3 rings (SSSR count). The lowest BCUT2D eigenvalue weighted by Gasteiger charge is -2.02. The standard InChI is InChI=1S/C13H8Cl2N2O2S/c14-8-1-3-9(4-2-8)18-7-11-16-13(19-17-11)12-10(15)5-6-20-12/h1-6H,7H2. The number of hydrogen-bond acceptors (Lipinski definition) is 5. The molecule has 0 bridgehead atoms. The van der Waals surface area contributed by atoms with Gasteiger partial charge >= 0.3 is 0 Å². The Morgan fingerprint density at radius 2 is 1.95 bits per heavy atom. The zero-order chi connectivity index (χ0) is 13.9. The van der Waals surface area contributed by atoms with Crippen LogP contribution in [0.5, 0.6) is 5.75 Å². The van der Waals surface area contributed by atoms with Gasteiger partial charge < -0.3 is 9.26 Å². The van der Waals surface area contributed by atoms with Gasteiger partial charge in [-0.25, -0.2) is 0 Å². The summed E-state index contributed by atoms with van der Waals surface area (Å²) >= 11 is 13.3. The topological polar surface area (TPSA) is 48.2 Å². The highest BCUT2D eigenvalue weighted by Crippen LogP contribution is 2.31. The lowest BCUT2D eigenvalue weighted by atomic mass is 10.3. The van der Waals surface area contributed by atoms with Crippen molar-refractivity contribution in [3.05, 3.63) is 51.6 Å². The summed E-state index contributed by atoms with van der Waals surface area (Å²) in [6.07, 6.45) is 0. The minimum absolute atomic E-state index is 0.216. The van der Waals surface area contributed by atoms with Gasteiger partial charge in [0.05, 0.1) is 5.02 Å². The molecular weight excluding hydrogens is 319 g/mol. The van der Waals surface area contributed by atoms with Crippen LogP contribution in [0.2, 0.25) is 10.0 Å². The molecule has 0 fully saturated rings. The van der Waals surface area contributed by atoms with Crippen LogP contribution >= 0.6 is 34.5 Å². The largest absolute Gasteiger partial charge is 0.485 e. The maximum absolute atomic E-state index is 6.01. The summed E-state index contributed by atoms with van der Waals surface area (Å²) in [5.74, 6) is 1.55. The van der Waals surface area contributed by atoms with Gasteiger partial charge in [-0.15, -0.1) is 11.3 Å². The molecule has 0 aliphatic heterocycles. The van der Waals surface area contributed by atoms with Crippen LogP contribution in [0.25, 0.3) is 10.8 Å². The van der Waals surface area contributed by atoms with Crippen LogP contribution in [0.15, 0.2) is 40.2 Å². The normalized spacial score (nSPS) is 10.7. The predicted octanol–water partition coefficient (Wildman–Crippen LogP) is 4.68. The smallest absolute Gasteiger partial charge is 0.269 e. The van der Waals surface area contributed by atoms with Crippen LogP contribution in [-0.4, -0.2) is 10.1 Å². The van der Waals surface area contributed by atoms with Gasteiger partial charge in [0.25, 0.3) is 5.89 Å². The van der Waals surface area contributed by atoms with Crippen molar-refractivity contribution in [2.24, 2.45) is 0 Å². The molecule has 102 valence electrons. The van der Waals surface area contributed by atoms with Gasteiger partial charge in [0.2, 0.25) is 5.82 Å². The molecule has 0 aliphatic rings. The molecule has 2 heterocycles. The summed E-state index contributed by atoms with van der Waals surface area (Å²) < 4.78 is 10.7. The lowest BCUT2D eigenvalue weighted by molar-refractivity contribution is 0.287. The minimum Gasteiger partial charge on any atom is -0.485 e. The summed E-state index contributed by atoms with van der Waals surface area (Å²) in [6.45, 7) is 0.216. The summed E-state index contributed by atoms with van der Waals surface area (Å²) in [7, 11) is 0. The van der Waals surface area contributed by atoms with Crippen LogP contribution in [0.3, 0.4) is 0 Å². The molecule has 0 N–H and O–H groups in total. The maximum atomic E-state index is 6.01. The molecule has 0 unspecified atom stereocenters. The molecule has 20 heavy (non-hydrogen) atoms. The van der Waals surface area contributed by atoms with Crippen molar-refractivity contribution in [1.82, 2.24) is 10.1 Å². The molecule has 0 atom stereocenters. The van der Waals surface area contributed by atoms with Gasteiger partial charge in [0.1, 0.15) is 10.6 Å². The van der Waals surface area contributed by atoms with Crippen LogP contribution in [0.1, 0.15) is 5.82 Å². The minimum atomic E-state index is 0.216. The lowest BCUT2D eigenvalue weighted by Crippen LogP contribution is -1.97. The third-order valence-electron chi connectivity index (χ3n) is 2.46. The molecule has 3 aromatic rings. The third-order valence-corrected chi connectivity index (χ3v) is 4.04. The molecule has 2 aromatic heterocycles. The van der Waals surface area contributed by atoms with Gasteiger partial charge in [-0.05, 0) is 35.7 Å². The Balaban J connectivity index is 1.69. The number of rotatable bonds is 4. The molecule has 0 spiro atoms. The molecule has 0 radical (unpaired) electrons. The third kappa shape index (κ3) is 2.95. The highest BCUT2D eigenvalue weighted by molar-refractivity contribution is 7.14. The molecule has 4 nitrogen and oxygen atoms in total. The van der Waals surface area contributed by atoms with Crippen LogP contribution in [0.4, 0.5) is 0 Å². The van der Waals surface area contributed by atoms with Crippen molar-refractivity contribution in [1.29, 1.82) is 0 Å². The first-order chi connectivity index (χ1) is 9.72. The summed E-state index contributed by atoms with van der Waals surface area (Å²) in [5, 5.41) is 6.98. The van der Waals surface area contributed by atoms with Crippen molar-refractivity contribution in [2.75, 3.05) is 0 Å². The van der Waals surface area contributed by atoms with E-state index < -0.39 is 0 Å². The fourth-order valence-electron chi connectivity index (χ4n) is 1.53. The molecule has 0 aliphatic carbocycles. The van der Waals surface area contributed by atoms with Crippen molar-refractivity contribution in [2.45, 2.75) is 6.61 Å². The monoisotopic (exact) mass is 326 g/mol. The highest BCUT2D eigenvalue weighted by Gasteiger charge is 2.13. The van der Waals surface area contributed by atoms with E-state index in [1.807, 2.05) is 5.38 Å². The number of nitrogens with zero attached hydrogens (tertiary/aromatic N) is 2. The molecule has 1 aromatic carbocycles. The number of benzene rings is 1. The van der Waals surface area contributed by atoms with Crippen molar-refractivity contribution in [3.63, 3.8) is 0 Å². The number of aromatic nitrogens is 2. The Labute approximate surface area is 128 Å². The van der Waals surface area contributed by atoms with Crippen LogP contribution in [0, 0.1) is 0 Å². The molecule has 7 heteroatoms. The van der Waals surface area contributed by atoms with E-state index in [9.17, 15) is 0 Å². The van der Waals surface area contributed by atoms with E-state index in [4.69, 9.17) is 32.5 Å². The van der Waals surface area contributed by atoms with E-state index in [0.29, 0.717) is 27.5 Å². The van der Waals surface area contributed by atoms with Gasteiger partial charge in [-0.3, -0.25) is 0 Å². The zero-order valence-electron chi connectivity index (χ0n) is 10.0. The highest BCUT2D eigenvalue weighted by atomic mass is 35.5. The number of halogens is 2. The first-order valence-corrected chi connectivity index (χ1v) is 7.30. The Kier molecular flexibility index (Phi) is 3.91. The number of hydrogen-bond donors (Lipinski definition) is 0.